The zero-order valence-corrected chi connectivity index (χ0v) is 13.1. The summed E-state index contributed by atoms with van der Waals surface area (Å²) in [6.07, 6.45) is 3.91. The van der Waals surface area contributed by atoms with Gasteiger partial charge in [0.2, 0.25) is 0 Å². The minimum Gasteiger partial charge on any atom is -0.0836 e. The van der Waals surface area contributed by atoms with Gasteiger partial charge in [0, 0.05) is 10.6 Å². The van der Waals surface area contributed by atoms with Gasteiger partial charge in [-0.2, -0.15) is 0 Å². The molecule has 0 atom stereocenters. The van der Waals surface area contributed by atoms with Crippen LogP contribution < -0.4 is 0 Å². The molecule has 0 heterocycles. The van der Waals surface area contributed by atoms with Crippen molar-refractivity contribution in [3.05, 3.63) is 94.3 Å². The zero-order valence-electron chi connectivity index (χ0n) is 12.4. The van der Waals surface area contributed by atoms with Crippen molar-refractivity contribution in [1.29, 1.82) is 0 Å². The highest BCUT2D eigenvalue weighted by Gasteiger charge is 2.07. The molecule has 0 aromatic heterocycles. The average molecular weight is 313 g/mol. The van der Waals surface area contributed by atoms with Gasteiger partial charge in [-0.15, -0.1) is 0 Å². The van der Waals surface area contributed by atoms with Crippen molar-refractivity contribution in [2.24, 2.45) is 0 Å². The predicted molar refractivity (Wildman–Crippen MR) is 98.3 cm³/mol. The van der Waals surface area contributed by atoms with Crippen molar-refractivity contribution >= 4 is 23.8 Å². The number of benzene rings is 3. The second kappa shape index (κ2) is 5.80. The Morgan fingerprint density at radius 1 is 0.609 bits per heavy atom. The van der Waals surface area contributed by atoms with Gasteiger partial charge >= 0.3 is 0 Å². The van der Waals surface area contributed by atoms with Gasteiger partial charge < -0.3 is 0 Å². The van der Waals surface area contributed by atoms with Crippen LogP contribution in [0.2, 0.25) is 5.02 Å². The van der Waals surface area contributed by atoms with Crippen LogP contribution in [-0.4, -0.2) is 0 Å². The molecule has 0 nitrogen and oxygen atoms in total. The van der Waals surface area contributed by atoms with E-state index in [0.717, 1.165) is 32.8 Å². The van der Waals surface area contributed by atoms with Gasteiger partial charge in [-0.25, -0.2) is 0 Å². The molecule has 23 heavy (non-hydrogen) atoms. The van der Waals surface area contributed by atoms with Crippen molar-refractivity contribution in [2.45, 2.75) is 0 Å². The van der Waals surface area contributed by atoms with Gasteiger partial charge in [0.1, 0.15) is 0 Å². The molecule has 0 amide bonds. The molecular weight excluding hydrogens is 300 g/mol. The molecule has 3 aromatic carbocycles. The lowest BCUT2D eigenvalue weighted by molar-refractivity contribution is 1.56. The molecule has 0 N–H and O–H groups in total. The smallest absolute Gasteiger partial charge is 0.0490 e. The highest BCUT2D eigenvalue weighted by atomic mass is 35.5. The maximum atomic E-state index is 6.52. The van der Waals surface area contributed by atoms with E-state index in [1.54, 1.807) is 0 Å². The van der Waals surface area contributed by atoms with Crippen molar-refractivity contribution < 1.29 is 0 Å². The van der Waals surface area contributed by atoms with Crippen molar-refractivity contribution in [3.8, 4) is 22.3 Å². The quantitative estimate of drug-likeness (QED) is 0.372. The summed E-state index contributed by atoms with van der Waals surface area (Å²) in [7, 11) is 0. The van der Waals surface area contributed by atoms with Gasteiger partial charge in [0.15, 0.2) is 0 Å². The van der Waals surface area contributed by atoms with Crippen LogP contribution in [0, 0.1) is 0 Å². The van der Waals surface area contributed by atoms with E-state index < -0.39 is 0 Å². The van der Waals surface area contributed by atoms with Crippen LogP contribution in [0.1, 0.15) is 11.1 Å². The largest absolute Gasteiger partial charge is 0.0836 e. The van der Waals surface area contributed by atoms with Gasteiger partial charge in [-0.3, -0.25) is 0 Å². The Balaban J connectivity index is 1.76. The molecule has 108 valence electrons. The van der Waals surface area contributed by atoms with Crippen LogP contribution in [-0.2, 0) is 0 Å². The molecule has 0 radical (unpaired) electrons. The van der Waals surface area contributed by atoms with Gasteiger partial charge in [0.05, 0.1) is 0 Å². The average Bonchev–Trinajstić information content (AvgIpc) is 2.62. The summed E-state index contributed by atoms with van der Waals surface area (Å²) < 4.78 is 0. The molecule has 1 aliphatic carbocycles. The van der Waals surface area contributed by atoms with Crippen LogP contribution in [0.15, 0.2) is 78.2 Å². The molecule has 3 aromatic rings. The molecular formula is C22H13Cl. The normalized spacial score (nSPS) is 11.5. The third-order valence-electron chi connectivity index (χ3n) is 4.01. The summed E-state index contributed by atoms with van der Waals surface area (Å²) in [5.74, 6) is 0. The highest BCUT2D eigenvalue weighted by Crippen LogP contribution is 2.33. The summed E-state index contributed by atoms with van der Waals surface area (Å²) in [6.45, 7) is 0. The molecule has 0 fully saturated rings. The minimum absolute atomic E-state index is 0.766. The monoisotopic (exact) mass is 312 g/mol. The molecule has 0 spiro atoms. The van der Waals surface area contributed by atoms with Crippen LogP contribution in [0.25, 0.3) is 34.4 Å². The Morgan fingerprint density at radius 2 is 1.30 bits per heavy atom. The number of halogens is 1. The summed E-state index contributed by atoms with van der Waals surface area (Å²) in [5.41, 5.74) is 12.8. The first-order valence-electron chi connectivity index (χ1n) is 7.48. The number of fused-ring (bicyclic) bond motifs is 1. The summed E-state index contributed by atoms with van der Waals surface area (Å²) >= 11 is 6.52. The van der Waals surface area contributed by atoms with E-state index in [1.807, 2.05) is 36.4 Å². The van der Waals surface area contributed by atoms with Gasteiger partial charge in [0.25, 0.3) is 0 Å². The molecule has 4 rings (SSSR count). The van der Waals surface area contributed by atoms with Crippen LogP contribution in [0.3, 0.4) is 0 Å². The number of hydrogen-bond donors (Lipinski definition) is 0. The maximum Gasteiger partial charge on any atom is 0.0490 e. The molecule has 0 unspecified atom stereocenters. The van der Waals surface area contributed by atoms with Crippen LogP contribution in [0.4, 0.5) is 0 Å². The highest BCUT2D eigenvalue weighted by molar-refractivity contribution is 6.33. The molecule has 1 heteroatoms. The molecule has 0 saturated heterocycles. The Bertz CT molecular complexity index is 984. The third-order valence-corrected chi connectivity index (χ3v) is 4.33. The van der Waals surface area contributed by atoms with Gasteiger partial charge in [-0.1, -0.05) is 77.7 Å². The van der Waals surface area contributed by atoms with Crippen LogP contribution in [0.5, 0.6) is 0 Å². The van der Waals surface area contributed by atoms with E-state index in [1.165, 1.54) is 5.56 Å². The molecule has 0 aliphatic heterocycles. The fourth-order valence-electron chi connectivity index (χ4n) is 2.80. The second-order valence-corrected chi connectivity index (χ2v) is 5.89. The fraction of sp³-hybridized carbons (Fsp3) is 0. The lowest BCUT2D eigenvalue weighted by Crippen LogP contribution is -1.86. The molecule has 0 saturated carbocycles. The summed E-state index contributed by atoms with van der Waals surface area (Å²) in [6, 6.07) is 22.8. The maximum absolute atomic E-state index is 6.52. The first kappa shape index (κ1) is 13.9. The van der Waals surface area contributed by atoms with E-state index in [4.69, 9.17) is 11.6 Å². The second-order valence-electron chi connectivity index (χ2n) is 5.48. The Morgan fingerprint density at radius 3 is 2.09 bits per heavy atom. The lowest BCUT2D eigenvalue weighted by atomic mass is 9.96. The van der Waals surface area contributed by atoms with E-state index in [-0.39, 0.29) is 0 Å². The Labute approximate surface area is 140 Å². The van der Waals surface area contributed by atoms with E-state index >= 15 is 0 Å². The third kappa shape index (κ3) is 2.68. The molecule has 1 aliphatic rings. The Hall–Kier alpha value is -2.75. The number of hydrogen-bond acceptors (Lipinski definition) is 0. The van der Waals surface area contributed by atoms with Gasteiger partial charge in [-0.05, 0) is 52.1 Å². The summed E-state index contributed by atoms with van der Waals surface area (Å²) in [4.78, 5) is 0. The standard InChI is InChI=1S/C22H13Cl/c23-22-15-20(12-13-21(22)17-7-2-1-3-8-17)19-11-10-16-6-4-5-9-18(16)14-19/h1-3,6-15H. The van der Waals surface area contributed by atoms with E-state index in [0.29, 0.717) is 0 Å². The van der Waals surface area contributed by atoms with Crippen molar-refractivity contribution in [1.82, 2.24) is 0 Å². The number of rotatable bonds is 2. The SMILES string of the molecule is Clc1cc(-c2ccc3c(c2)C=C=C=C3)ccc1-c1ccccc1. The Kier molecular flexibility index (Phi) is 3.50. The predicted octanol–water partition coefficient (Wildman–Crippen LogP) is 6.47. The van der Waals surface area contributed by atoms with Crippen molar-refractivity contribution in [2.75, 3.05) is 0 Å². The summed E-state index contributed by atoms with van der Waals surface area (Å²) in [5, 5.41) is 0.766. The zero-order chi connectivity index (χ0) is 15.6. The topological polar surface area (TPSA) is 0 Å². The fourth-order valence-corrected chi connectivity index (χ4v) is 3.09. The van der Waals surface area contributed by atoms with Crippen molar-refractivity contribution in [3.63, 3.8) is 0 Å². The van der Waals surface area contributed by atoms with Crippen LogP contribution >= 0.6 is 11.6 Å². The lowest BCUT2D eigenvalue weighted by Gasteiger charge is -2.10. The van der Waals surface area contributed by atoms with E-state index in [9.17, 15) is 0 Å². The minimum atomic E-state index is 0.766. The molecule has 0 bridgehead atoms. The first-order valence-corrected chi connectivity index (χ1v) is 7.86. The van der Waals surface area contributed by atoms with E-state index in [2.05, 4.69) is 53.9 Å². The first-order chi connectivity index (χ1) is 11.3.